The second-order valence-corrected chi connectivity index (χ2v) is 13.1. The number of hydrogen-bond acceptors (Lipinski definition) is 9. The predicted molar refractivity (Wildman–Crippen MR) is 164 cm³/mol. The molecule has 7 atom stereocenters. The summed E-state index contributed by atoms with van der Waals surface area (Å²) in [5.41, 5.74) is 0. The molecule has 1 aliphatic rings. The lowest BCUT2D eigenvalue weighted by atomic mass is 9.95. The van der Waals surface area contributed by atoms with Gasteiger partial charge >= 0.3 is 17.9 Å². The van der Waals surface area contributed by atoms with Crippen molar-refractivity contribution in [3.05, 3.63) is 0 Å². The van der Waals surface area contributed by atoms with Crippen LogP contribution in [-0.2, 0) is 43.0 Å². The number of ether oxygens (including phenoxy) is 3. The van der Waals surface area contributed by atoms with Crippen LogP contribution >= 0.6 is 0 Å². The summed E-state index contributed by atoms with van der Waals surface area (Å²) in [4.78, 5) is 85.1. The van der Waals surface area contributed by atoms with Crippen molar-refractivity contribution in [3.8, 4) is 0 Å². The van der Waals surface area contributed by atoms with E-state index < -0.39 is 90.3 Å². The van der Waals surface area contributed by atoms with E-state index in [1.165, 1.54) is 30.9 Å². The maximum absolute atomic E-state index is 13.9. The highest BCUT2D eigenvalue weighted by Crippen LogP contribution is 2.25. The largest absolute Gasteiger partial charge is 0.451 e. The molecule has 44 heavy (non-hydrogen) atoms. The molecule has 252 valence electrons. The van der Waals surface area contributed by atoms with Gasteiger partial charge in [-0.2, -0.15) is 0 Å². The molecule has 1 rings (SSSR count). The van der Waals surface area contributed by atoms with E-state index in [4.69, 9.17) is 14.2 Å². The van der Waals surface area contributed by atoms with E-state index in [2.05, 4.69) is 0 Å². The van der Waals surface area contributed by atoms with Crippen molar-refractivity contribution >= 4 is 35.6 Å². The first kappa shape index (κ1) is 38.8. The lowest BCUT2D eigenvalue weighted by Gasteiger charge is -2.37. The quantitative estimate of drug-likeness (QED) is 0.309. The van der Waals surface area contributed by atoms with E-state index in [-0.39, 0.29) is 11.8 Å². The second kappa shape index (κ2) is 16.8. The lowest BCUT2D eigenvalue weighted by molar-refractivity contribution is -0.179. The van der Waals surface area contributed by atoms with E-state index in [0.717, 1.165) is 4.90 Å². The number of likely N-dealkylation sites (N-methyl/N-ethyl adjacent to an activating group) is 3. The van der Waals surface area contributed by atoms with Crippen molar-refractivity contribution in [1.82, 2.24) is 14.7 Å². The average Bonchev–Trinajstić information content (AvgIpc) is 2.94. The van der Waals surface area contributed by atoms with Crippen LogP contribution in [0.5, 0.6) is 0 Å². The Morgan fingerprint density at radius 1 is 0.568 bits per heavy atom. The van der Waals surface area contributed by atoms with Gasteiger partial charge in [0.2, 0.25) is 0 Å². The molecule has 0 aromatic rings. The monoisotopic (exact) mass is 625 g/mol. The van der Waals surface area contributed by atoms with Gasteiger partial charge in [-0.15, -0.1) is 0 Å². The number of cyclic esters (lactones) is 3. The molecule has 3 amide bonds. The summed E-state index contributed by atoms with van der Waals surface area (Å²) in [6, 6.07) is -2.17. The third-order valence-corrected chi connectivity index (χ3v) is 8.41. The van der Waals surface area contributed by atoms with E-state index in [1.807, 2.05) is 13.8 Å². The summed E-state index contributed by atoms with van der Waals surface area (Å²) in [7, 11) is 4.27. The fraction of sp³-hybridized carbons (Fsp3) is 0.812. The topological polar surface area (TPSA) is 140 Å². The zero-order chi connectivity index (χ0) is 34.2. The highest BCUT2D eigenvalue weighted by Gasteiger charge is 2.44. The van der Waals surface area contributed by atoms with Crippen LogP contribution in [0.4, 0.5) is 0 Å². The van der Waals surface area contributed by atoms with Crippen molar-refractivity contribution in [2.45, 2.75) is 112 Å². The molecule has 0 aromatic carbocycles. The smallest absolute Gasteiger partial charge is 0.329 e. The van der Waals surface area contributed by atoms with E-state index in [9.17, 15) is 28.8 Å². The summed E-state index contributed by atoms with van der Waals surface area (Å²) in [6.45, 7) is 17.0. The minimum Gasteiger partial charge on any atom is -0.451 e. The Hall–Kier alpha value is -3.18. The Morgan fingerprint density at radius 3 is 1.20 bits per heavy atom. The molecule has 1 heterocycles. The first-order valence-electron chi connectivity index (χ1n) is 15.7. The highest BCUT2D eigenvalue weighted by atomic mass is 16.6. The molecule has 0 unspecified atom stereocenters. The summed E-state index contributed by atoms with van der Waals surface area (Å²) in [5, 5.41) is 0. The number of carbonyl (C=O) groups is 6. The first-order valence-corrected chi connectivity index (χ1v) is 15.7. The average molecular weight is 626 g/mol. The highest BCUT2D eigenvalue weighted by molar-refractivity contribution is 5.93. The Balaban J connectivity index is 3.83. The van der Waals surface area contributed by atoms with Crippen molar-refractivity contribution in [1.29, 1.82) is 0 Å². The fourth-order valence-corrected chi connectivity index (χ4v) is 5.14. The summed E-state index contributed by atoms with van der Waals surface area (Å²) < 4.78 is 17.2. The number of amides is 3. The summed E-state index contributed by atoms with van der Waals surface area (Å²) in [6.07, 6.45) is -2.76. The third kappa shape index (κ3) is 9.41. The van der Waals surface area contributed by atoms with Crippen LogP contribution in [0.2, 0.25) is 0 Å². The molecule has 12 nitrogen and oxygen atoms in total. The Kier molecular flexibility index (Phi) is 14.8. The molecule has 1 aliphatic heterocycles. The van der Waals surface area contributed by atoms with Crippen LogP contribution in [-0.4, -0.2) is 108 Å². The number of nitrogens with zero attached hydrogens (tertiary/aromatic N) is 3. The summed E-state index contributed by atoms with van der Waals surface area (Å²) in [5.74, 6) is -6.38. The third-order valence-electron chi connectivity index (χ3n) is 8.41. The first-order chi connectivity index (χ1) is 20.3. The minimum absolute atomic E-state index is 0.370. The SMILES string of the molecule is CC[C@H](C)[C@H]1C(=O)O[C@H](C(C)C)C(=O)N(C)[C@@H]([C@@H](C)CC)C(=O)O[C@H](C(C)C)C(=O)N(C)CC(=O)O[C@H](C(C)C)C(=O)N1C. The zero-order valence-corrected chi connectivity index (χ0v) is 28.9. The van der Waals surface area contributed by atoms with Crippen LogP contribution in [0, 0.1) is 29.6 Å². The molecular weight excluding hydrogens is 570 g/mol. The second-order valence-electron chi connectivity index (χ2n) is 13.1. The molecule has 0 N–H and O–H groups in total. The van der Waals surface area contributed by atoms with Gasteiger partial charge in [-0.25, -0.2) is 9.59 Å². The number of carbonyl (C=O) groups excluding carboxylic acids is 6. The van der Waals surface area contributed by atoms with Crippen LogP contribution in [0.3, 0.4) is 0 Å². The van der Waals surface area contributed by atoms with Gasteiger partial charge < -0.3 is 28.9 Å². The molecule has 0 radical (unpaired) electrons. The molecule has 1 fully saturated rings. The molecule has 0 spiro atoms. The van der Waals surface area contributed by atoms with Gasteiger partial charge in [0, 0.05) is 21.1 Å². The lowest BCUT2D eigenvalue weighted by Crippen LogP contribution is -2.56. The van der Waals surface area contributed by atoms with Crippen LogP contribution < -0.4 is 0 Å². The zero-order valence-electron chi connectivity index (χ0n) is 28.9. The van der Waals surface area contributed by atoms with Gasteiger partial charge in [-0.1, -0.05) is 82.1 Å². The Labute approximate surface area is 263 Å². The molecule has 0 aromatic heterocycles. The van der Waals surface area contributed by atoms with Crippen molar-refractivity contribution < 1.29 is 43.0 Å². The van der Waals surface area contributed by atoms with Crippen molar-refractivity contribution in [3.63, 3.8) is 0 Å². The molecule has 1 saturated heterocycles. The maximum atomic E-state index is 13.9. The molecular formula is C32H55N3O9. The minimum atomic E-state index is -1.27. The number of hydrogen-bond donors (Lipinski definition) is 0. The molecule has 12 heteroatoms. The van der Waals surface area contributed by atoms with Gasteiger partial charge in [0.15, 0.2) is 18.3 Å². The predicted octanol–water partition coefficient (Wildman–Crippen LogP) is 2.91. The van der Waals surface area contributed by atoms with Gasteiger partial charge in [-0.05, 0) is 29.6 Å². The van der Waals surface area contributed by atoms with Gasteiger partial charge in [-0.3, -0.25) is 19.2 Å². The van der Waals surface area contributed by atoms with Crippen LogP contribution in [0.15, 0.2) is 0 Å². The van der Waals surface area contributed by atoms with Crippen molar-refractivity contribution in [2.24, 2.45) is 29.6 Å². The molecule has 0 saturated carbocycles. The Morgan fingerprint density at radius 2 is 0.886 bits per heavy atom. The van der Waals surface area contributed by atoms with Crippen LogP contribution in [0.25, 0.3) is 0 Å². The van der Waals surface area contributed by atoms with E-state index >= 15 is 0 Å². The summed E-state index contributed by atoms with van der Waals surface area (Å²) >= 11 is 0. The van der Waals surface area contributed by atoms with Gasteiger partial charge in [0.1, 0.15) is 18.6 Å². The molecule has 0 aliphatic carbocycles. The fourth-order valence-electron chi connectivity index (χ4n) is 5.14. The number of esters is 3. The van der Waals surface area contributed by atoms with Crippen molar-refractivity contribution in [2.75, 3.05) is 27.7 Å². The van der Waals surface area contributed by atoms with E-state index in [0.29, 0.717) is 12.8 Å². The standard InChI is InChI=1S/C32H55N3O9/c1-14-20(9)23-31(40)43-25(17(3)4)28(37)33(11)16-22(36)42-26(18(5)6)29(38)34(12)24(21(10)15-2)32(41)44-27(19(7)8)30(39)35(23)13/h17-21,23-27H,14-16H2,1-13H3/t20-,21-,23-,24-,25+,26+,27+/m0/s1. The van der Waals surface area contributed by atoms with Gasteiger partial charge in [0.05, 0.1) is 0 Å². The van der Waals surface area contributed by atoms with Gasteiger partial charge in [0.25, 0.3) is 17.7 Å². The normalized spacial score (nSPS) is 27.3. The van der Waals surface area contributed by atoms with Crippen LogP contribution in [0.1, 0.15) is 82.1 Å². The maximum Gasteiger partial charge on any atom is 0.329 e. The molecule has 0 bridgehead atoms. The van der Waals surface area contributed by atoms with E-state index in [1.54, 1.807) is 55.4 Å². The number of rotatable bonds is 7. The Bertz CT molecular complexity index is 1030.